The minimum absolute atomic E-state index is 0.310. The molecule has 2 unspecified atom stereocenters. The van der Waals surface area contributed by atoms with Gasteiger partial charge in [-0.3, -0.25) is 4.68 Å². The van der Waals surface area contributed by atoms with Crippen molar-refractivity contribution in [2.75, 3.05) is 13.2 Å². The zero-order chi connectivity index (χ0) is 12.3. The van der Waals surface area contributed by atoms with E-state index in [0.29, 0.717) is 12.1 Å². The summed E-state index contributed by atoms with van der Waals surface area (Å²) in [6.45, 7) is 4.00. The minimum Gasteiger partial charge on any atom is -0.378 e. The van der Waals surface area contributed by atoms with E-state index in [0.717, 1.165) is 24.0 Å². The number of aryl methyl sites for hydroxylation is 1. The van der Waals surface area contributed by atoms with E-state index >= 15 is 0 Å². The van der Waals surface area contributed by atoms with Gasteiger partial charge in [-0.05, 0) is 41.7 Å². The predicted octanol–water partition coefficient (Wildman–Crippen LogP) is 2.40. The van der Waals surface area contributed by atoms with Crippen LogP contribution in [-0.4, -0.2) is 29.0 Å². The van der Waals surface area contributed by atoms with Gasteiger partial charge in [0.1, 0.15) is 0 Å². The number of rotatable bonds is 5. The molecule has 2 rings (SSSR count). The highest BCUT2D eigenvalue weighted by molar-refractivity contribution is 9.10. The molecule has 0 aromatic carbocycles. The lowest BCUT2D eigenvalue weighted by molar-refractivity contribution is 0.0938. The van der Waals surface area contributed by atoms with Crippen LogP contribution in [0.4, 0.5) is 0 Å². The number of ether oxygens (including phenoxy) is 1. The van der Waals surface area contributed by atoms with Crippen LogP contribution in [0.1, 0.15) is 37.9 Å². The van der Waals surface area contributed by atoms with Crippen LogP contribution in [0.3, 0.4) is 0 Å². The van der Waals surface area contributed by atoms with Gasteiger partial charge in [0.2, 0.25) is 0 Å². The summed E-state index contributed by atoms with van der Waals surface area (Å²) < 4.78 is 8.73. The smallest absolute Gasteiger partial charge is 0.0693 e. The number of nitrogens with one attached hydrogen (secondary N) is 1. The molecule has 2 heterocycles. The van der Waals surface area contributed by atoms with Crippen LogP contribution in [0, 0.1) is 0 Å². The quantitative estimate of drug-likeness (QED) is 0.908. The molecular formula is C12H20BrN3O. The number of aromatic nitrogens is 2. The second-order valence-electron chi connectivity index (χ2n) is 4.48. The Morgan fingerprint density at radius 2 is 2.53 bits per heavy atom. The zero-order valence-electron chi connectivity index (χ0n) is 10.4. The highest BCUT2D eigenvalue weighted by atomic mass is 79.9. The van der Waals surface area contributed by atoms with Crippen molar-refractivity contribution in [3.63, 3.8) is 0 Å². The third-order valence-corrected chi connectivity index (χ3v) is 3.85. The van der Waals surface area contributed by atoms with Gasteiger partial charge in [0.15, 0.2) is 0 Å². The lowest BCUT2D eigenvalue weighted by atomic mass is 10.0. The molecule has 0 aliphatic carbocycles. The molecule has 0 bridgehead atoms. The van der Waals surface area contributed by atoms with Crippen LogP contribution in [0.15, 0.2) is 10.7 Å². The van der Waals surface area contributed by atoms with Crippen molar-refractivity contribution in [3.8, 4) is 0 Å². The zero-order valence-corrected chi connectivity index (χ0v) is 12.0. The van der Waals surface area contributed by atoms with Crippen molar-refractivity contribution in [3.05, 3.63) is 16.4 Å². The van der Waals surface area contributed by atoms with Crippen LogP contribution >= 0.6 is 15.9 Å². The van der Waals surface area contributed by atoms with Gasteiger partial charge >= 0.3 is 0 Å². The minimum atomic E-state index is 0.310. The first kappa shape index (κ1) is 13.1. The predicted molar refractivity (Wildman–Crippen MR) is 70.9 cm³/mol. The summed E-state index contributed by atoms with van der Waals surface area (Å²) in [5.41, 5.74) is 1.21. The molecule has 0 spiro atoms. The highest BCUT2D eigenvalue weighted by Crippen LogP contribution is 2.29. The first-order valence-electron chi connectivity index (χ1n) is 6.24. The van der Waals surface area contributed by atoms with E-state index in [1.807, 2.05) is 17.9 Å². The number of hydrogen-bond donors (Lipinski definition) is 1. The van der Waals surface area contributed by atoms with Crippen LogP contribution in [0.25, 0.3) is 0 Å². The molecule has 1 saturated heterocycles. The topological polar surface area (TPSA) is 39.1 Å². The number of hydrogen-bond acceptors (Lipinski definition) is 3. The third-order valence-electron chi connectivity index (χ3n) is 3.24. The van der Waals surface area contributed by atoms with Crippen LogP contribution in [0.5, 0.6) is 0 Å². The molecule has 1 aromatic heterocycles. The maximum Gasteiger partial charge on any atom is 0.0693 e. The fourth-order valence-electron chi connectivity index (χ4n) is 2.44. The van der Waals surface area contributed by atoms with E-state index in [1.54, 1.807) is 0 Å². The Morgan fingerprint density at radius 3 is 3.06 bits per heavy atom. The Morgan fingerprint density at radius 1 is 1.71 bits per heavy atom. The Kier molecular flexibility index (Phi) is 4.59. The molecule has 1 fully saturated rings. The van der Waals surface area contributed by atoms with Crippen molar-refractivity contribution in [1.29, 1.82) is 0 Å². The van der Waals surface area contributed by atoms with Crippen LogP contribution in [-0.2, 0) is 11.8 Å². The first-order valence-corrected chi connectivity index (χ1v) is 7.04. The molecule has 1 aromatic rings. The molecular weight excluding hydrogens is 282 g/mol. The van der Waals surface area contributed by atoms with Crippen molar-refractivity contribution in [1.82, 2.24) is 15.1 Å². The third kappa shape index (κ3) is 3.09. The maximum absolute atomic E-state index is 5.72. The summed E-state index contributed by atoms with van der Waals surface area (Å²) in [5.74, 6) is 0. The summed E-state index contributed by atoms with van der Waals surface area (Å²) in [4.78, 5) is 0. The van der Waals surface area contributed by atoms with Crippen molar-refractivity contribution >= 4 is 15.9 Å². The maximum atomic E-state index is 5.72. The average molecular weight is 302 g/mol. The second-order valence-corrected chi connectivity index (χ2v) is 5.34. The molecule has 5 heteroatoms. The van der Waals surface area contributed by atoms with Crippen LogP contribution < -0.4 is 5.32 Å². The standard InChI is InChI=1S/C12H20BrN3O/c1-3-14-11(7-9-5-4-6-17-9)12-10(13)8-15-16(12)2/h8-9,11,14H,3-7H2,1-2H3. The molecule has 1 N–H and O–H groups in total. The van der Waals surface area contributed by atoms with E-state index in [-0.39, 0.29) is 0 Å². The lowest BCUT2D eigenvalue weighted by Crippen LogP contribution is -2.27. The molecule has 96 valence electrons. The Balaban J connectivity index is 2.10. The van der Waals surface area contributed by atoms with E-state index in [2.05, 4.69) is 33.3 Å². The Labute approximate surface area is 111 Å². The van der Waals surface area contributed by atoms with Crippen molar-refractivity contribution in [2.24, 2.45) is 7.05 Å². The molecule has 2 atom stereocenters. The van der Waals surface area contributed by atoms with E-state index in [4.69, 9.17) is 4.74 Å². The van der Waals surface area contributed by atoms with Gasteiger partial charge in [-0.1, -0.05) is 6.92 Å². The van der Waals surface area contributed by atoms with E-state index in [1.165, 1.54) is 18.5 Å². The average Bonchev–Trinajstić information content (AvgIpc) is 2.89. The molecule has 0 amide bonds. The van der Waals surface area contributed by atoms with Gasteiger partial charge in [0.25, 0.3) is 0 Å². The second kappa shape index (κ2) is 5.98. The monoisotopic (exact) mass is 301 g/mol. The van der Waals surface area contributed by atoms with Gasteiger partial charge in [0, 0.05) is 13.7 Å². The summed E-state index contributed by atoms with van der Waals surface area (Å²) in [7, 11) is 1.99. The summed E-state index contributed by atoms with van der Waals surface area (Å²) >= 11 is 3.57. The lowest BCUT2D eigenvalue weighted by Gasteiger charge is -2.22. The van der Waals surface area contributed by atoms with Gasteiger partial charge in [-0.25, -0.2) is 0 Å². The molecule has 0 radical (unpaired) electrons. The largest absolute Gasteiger partial charge is 0.378 e. The first-order chi connectivity index (χ1) is 8.22. The van der Waals surface area contributed by atoms with E-state index in [9.17, 15) is 0 Å². The molecule has 1 aliphatic rings. The Bertz CT molecular complexity index is 341. The molecule has 1 aliphatic heterocycles. The summed E-state index contributed by atoms with van der Waals surface area (Å²) in [6, 6.07) is 0.310. The summed E-state index contributed by atoms with van der Waals surface area (Å²) in [6.07, 6.45) is 5.63. The normalized spacial score (nSPS) is 21.9. The molecule has 4 nitrogen and oxygen atoms in total. The van der Waals surface area contributed by atoms with E-state index < -0.39 is 0 Å². The van der Waals surface area contributed by atoms with Gasteiger partial charge in [-0.15, -0.1) is 0 Å². The summed E-state index contributed by atoms with van der Waals surface area (Å²) in [5, 5.41) is 7.81. The van der Waals surface area contributed by atoms with Crippen molar-refractivity contribution < 1.29 is 4.74 Å². The molecule has 0 saturated carbocycles. The van der Waals surface area contributed by atoms with Gasteiger partial charge in [-0.2, -0.15) is 5.10 Å². The fraction of sp³-hybridized carbons (Fsp3) is 0.750. The molecule has 17 heavy (non-hydrogen) atoms. The highest BCUT2D eigenvalue weighted by Gasteiger charge is 2.24. The number of nitrogens with zero attached hydrogens (tertiary/aromatic N) is 2. The van der Waals surface area contributed by atoms with Gasteiger partial charge in [0.05, 0.1) is 28.5 Å². The van der Waals surface area contributed by atoms with Crippen LogP contribution in [0.2, 0.25) is 0 Å². The number of halogens is 1. The van der Waals surface area contributed by atoms with Gasteiger partial charge < -0.3 is 10.1 Å². The van der Waals surface area contributed by atoms with Crippen molar-refractivity contribution in [2.45, 2.75) is 38.3 Å². The SMILES string of the molecule is CCNC(CC1CCCO1)c1c(Br)cnn1C. The fourth-order valence-corrected chi connectivity index (χ4v) is 3.07. The Hall–Kier alpha value is -0.390.